The number of hydrogen-bond acceptors (Lipinski definition) is 4. The largest absolute Gasteiger partial charge is 0.396 e. The SMILES string of the molecule is O=C(NCCSCCCO)[C@@H]1CCCN1. The summed E-state index contributed by atoms with van der Waals surface area (Å²) >= 11 is 1.77. The predicted octanol–water partition coefficient (Wildman–Crippen LogP) is -0.0298. The second-order valence-electron chi connectivity index (χ2n) is 3.63. The van der Waals surface area contributed by atoms with E-state index in [1.807, 2.05) is 0 Å². The molecule has 1 fully saturated rings. The molecule has 0 aliphatic carbocycles. The Morgan fingerprint density at radius 2 is 2.40 bits per heavy atom. The molecular weight excluding hydrogens is 212 g/mol. The minimum Gasteiger partial charge on any atom is -0.396 e. The molecule has 1 saturated heterocycles. The van der Waals surface area contributed by atoms with Gasteiger partial charge in [-0.2, -0.15) is 11.8 Å². The van der Waals surface area contributed by atoms with Crippen LogP contribution in [0.3, 0.4) is 0 Å². The lowest BCUT2D eigenvalue weighted by Crippen LogP contribution is -2.41. The molecule has 1 aliphatic heterocycles. The molecule has 1 atom stereocenters. The van der Waals surface area contributed by atoms with Crippen molar-refractivity contribution < 1.29 is 9.90 Å². The molecule has 0 aromatic rings. The fraction of sp³-hybridized carbons (Fsp3) is 0.900. The van der Waals surface area contributed by atoms with Gasteiger partial charge in [0.25, 0.3) is 0 Å². The second-order valence-corrected chi connectivity index (χ2v) is 4.85. The van der Waals surface area contributed by atoms with Crippen LogP contribution in [0.25, 0.3) is 0 Å². The van der Waals surface area contributed by atoms with Gasteiger partial charge in [0.15, 0.2) is 0 Å². The van der Waals surface area contributed by atoms with Crippen molar-refractivity contribution in [1.29, 1.82) is 0 Å². The van der Waals surface area contributed by atoms with E-state index in [1.54, 1.807) is 11.8 Å². The number of aliphatic hydroxyl groups is 1. The Hall–Kier alpha value is -0.260. The van der Waals surface area contributed by atoms with E-state index in [-0.39, 0.29) is 18.6 Å². The highest BCUT2D eigenvalue weighted by Gasteiger charge is 2.20. The Balaban J connectivity index is 1.92. The first kappa shape index (κ1) is 12.8. The van der Waals surface area contributed by atoms with Gasteiger partial charge >= 0.3 is 0 Å². The van der Waals surface area contributed by atoms with Crippen molar-refractivity contribution in [2.24, 2.45) is 0 Å². The second kappa shape index (κ2) is 7.96. The van der Waals surface area contributed by atoms with Crippen molar-refractivity contribution in [3.8, 4) is 0 Å². The van der Waals surface area contributed by atoms with Crippen LogP contribution in [0.15, 0.2) is 0 Å². The molecule has 1 rings (SSSR count). The average molecular weight is 232 g/mol. The van der Waals surface area contributed by atoms with Crippen molar-refractivity contribution in [2.45, 2.75) is 25.3 Å². The molecule has 1 aliphatic rings. The van der Waals surface area contributed by atoms with E-state index < -0.39 is 0 Å². The molecule has 0 unspecified atom stereocenters. The Kier molecular flexibility index (Phi) is 6.80. The quantitative estimate of drug-likeness (QED) is 0.540. The third-order valence-corrected chi connectivity index (χ3v) is 3.44. The average Bonchev–Trinajstić information content (AvgIpc) is 2.76. The number of aliphatic hydroxyl groups excluding tert-OH is 1. The Labute approximate surface area is 95.2 Å². The molecule has 0 spiro atoms. The molecule has 0 radical (unpaired) electrons. The van der Waals surface area contributed by atoms with Crippen molar-refractivity contribution in [3.05, 3.63) is 0 Å². The molecule has 88 valence electrons. The predicted molar refractivity (Wildman–Crippen MR) is 63.1 cm³/mol. The standard InChI is InChI=1S/C10H20N2O2S/c13-6-2-7-15-8-5-12-10(14)9-3-1-4-11-9/h9,11,13H,1-8H2,(H,12,14)/t9-/m0/s1. The van der Waals surface area contributed by atoms with E-state index in [9.17, 15) is 4.79 Å². The first-order valence-electron chi connectivity index (χ1n) is 5.54. The van der Waals surface area contributed by atoms with Gasteiger partial charge in [-0.1, -0.05) is 0 Å². The fourth-order valence-corrected chi connectivity index (χ4v) is 2.33. The summed E-state index contributed by atoms with van der Waals surface area (Å²) in [6.45, 7) is 1.95. The van der Waals surface area contributed by atoms with E-state index in [1.165, 1.54) is 0 Å². The lowest BCUT2D eigenvalue weighted by atomic mass is 10.2. The third-order valence-electron chi connectivity index (χ3n) is 2.37. The molecule has 1 heterocycles. The summed E-state index contributed by atoms with van der Waals surface area (Å²) in [6.07, 6.45) is 2.90. The van der Waals surface area contributed by atoms with Crippen LogP contribution >= 0.6 is 11.8 Å². The number of carbonyl (C=O) groups is 1. The summed E-state index contributed by atoms with van der Waals surface area (Å²) in [5.41, 5.74) is 0. The lowest BCUT2D eigenvalue weighted by Gasteiger charge is -2.10. The van der Waals surface area contributed by atoms with Crippen LogP contribution in [-0.2, 0) is 4.79 Å². The minimum atomic E-state index is 0.0347. The monoisotopic (exact) mass is 232 g/mol. The maximum atomic E-state index is 11.5. The van der Waals surface area contributed by atoms with E-state index in [2.05, 4.69) is 10.6 Å². The molecule has 0 saturated carbocycles. The van der Waals surface area contributed by atoms with Gasteiger partial charge in [-0.25, -0.2) is 0 Å². The molecule has 0 aromatic carbocycles. The summed E-state index contributed by atoms with van der Waals surface area (Å²) in [5, 5.41) is 14.6. The Morgan fingerprint density at radius 3 is 3.07 bits per heavy atom. The van der Waals surface area contributed by atoms with Gasteiger partial charge in [-0.15, -0.1) is 0 Å². The zero-order chi connectivity index (χ0) is 10.9. The maximum Gasteiger partial charge on any atom is 0.237 e. The highest BCUT2D eigenvalue weighted by Crippen LogP contribution is 2.05. The highest BCUT2D eigenvalue weighted by molar-refractivity contribution is 7.99. The van der Waals surface area contributed by atoms with E-state index >= 15 is 0 Å². The molecule has 0 bridgehead atoms. The lowest BCUT2D eigenvalue weighted by molar-refractivity contribution is -0.122. The van der Waals surface area contributed by atoms with Gasteiger partial charge in [-0.05, 0) is 31.6 Å². The number of carbonyl (C=O) groups excluding carboxylic acids is 1. The summed E-state index contributed by atoms with van der Waals surface area (Å²) < 4.78 is 0. The Bertz CT molecular complexity index is 184. The smallest absolute Gasteiger partial charge is 0.237 e. The number of rotatable bonds is 7. The molecule has 4 nitrogen and oxygen atoms in total. The molecule has 0 aromatic heterocycles. The molecule has 1 amide bonds. The van der Waals surface area contributed by atoms with Gasteiger partial charge in [0.05, 0.1) is 6.04 Å². The van der Waals surface area contributed by atoms with E-state index in [4.69, 9.17) is 5.11 Å². The van der Waals surface area contributed by atoms with Crippen LogP contribution in [0.4, 0.5) is 0 Å². The van der Waals surface area contributed by atoms with Crippen LogP contribution in [0.2, 0.25) is 0 Å². The summed E-state index contributed by atoms with van der Waals surface area (Å²) in [5.74, 6) is 2.03. The van der Waals surface area contributed by atoms with E-state index in [0.717, 1.165) is 43.9 Å². The summed E-state index contributed by atoms with van der Waals surface area (Å²) in [4.78, 5) is 11.5. The number of thioether (sulfide) groups is 1. The molecule has 5 heteroatoms. The van der Waals surface area contributed by atoms with Crippen LogP contribution in [0, 0.1) is 0 Å². The summed E-state index contributed by atoms with van der Waals surface area (Å²) in [7, 11) is 0. The van der Waals surface area contributed by atoms with Crippen LogP contribution in [-0.4, -0.2) is 48.3 Å². The number of nitrogens with one attached hydrogen (secondary N) is 2. The fourth-order valence-electron chi connectivity index (χ4n) is 1.55. The molecule has 3 N–H and O–H groups in total. The molecule has 15 heavy (non-hydrogen) atoms. The van der Waals surface area contributed by atoms with Gasteiger partial charge in [0, 0.05) is 18.9 Å². The highest BCUT2D eigenvalue weighted by atomic mass is 32.2. The minimum absolute atomic E-state index is 0.0347. The Morgan fingerprint density at radius 1 is 1.53 bits per heavy atom. The number of hydrogen-bond donors (Lipinski definition) is 3. The summed E-state index contributed by atoms with van der Waals surface area (Å²) in [6, 6.07) is 0.0347. The van der Waals surface area contributed by atoms with Gasteiger partial charge in [0.2, 0.25) is 5.91 Å². The maximum absolute atomic E-state index is 11.5. The van der Waals surface area contributed by atoms with Crippen molar-refractivity contribution >= 4 is 17.7 Å². The van der Waals surface area contributed by atoms with Gasteiger partial charge < -0.3 is 15.7 Å². The zero-order valence-corrected chi connectivity index (χ0v) is 9.81. The zero-order valence-electron chi connectivity index (χ0n) is 9.00. The van der Waals surface area contributed by atoms with Crippen LogP contribution in [0.1, 0.15) is 19.3 Å². The van der Waals surface area contributed by atoms with Crippen LogP contribution in [0.5, 0.6) is 0 Å². The third kappa shape index (κ3) is 5.39. The van der Waals surface area contributed by atoms with Crippen LogP contribution < -0.4 is 10.6 Å². The van der Waals surface area contributed by atoms with Gasteiger partial charge in [0.1, 0.15) is 0 Å². The van der Waals surface area contributed by atoms with Crippen molar-refractivity contribution in [2.75, 3.05) is 31.2 Å². The topological polar surface area (TPSA) is 61.4 Å². The number of amides is 1. The molecular formula is C10H20N2O2S. The van der Waals surface area contributed by atoms with Crippen molar-refractivity contribution in [1.82, 2.24) is 10.6 Å². The van der Waals surface area contributed by atoms with Gasteiger partial charge in [-0.3, -0.25) is 4.79 Å². The van der Waals surface area contributed by atoms with Crippen molar-refractivity contribution in [3.63, 3.8) is 0 Å². The van der Waals surface area contributed by atoms with E-state index in [0.29, 0.717) is 0 Å². The normalized spacial score (nSPS) is 20.5. The first-order chi connectivity index (χ1) is 7.34. The first-order valence-corrected chi connectivity index (χ1v) is 6.70.